The molecule has 0 N–H and O–H groups in total. The molecule has 1 heterocycles. The topological polar surface area (TPSA) is 0 Å². The van der Waals surface area contributed by atoms with Crippen LogP contribution in [0.5, 0.6) is 0 Å². The summed E-state index contributed by atoms with van der Waals surface area (Å²) in [6, 6.07) is 0. The Balaban J connectivity index is 2.04. The first-order valence-electron chi connectivity index (χ1n) is 3.99. The molecule has 1 saturated carbocycles. The van der Waals surface area contributed by atoms with Gasteiger partial charge in [-0.3, -0.25) is 0 Å². The van der Waals surface area contributed by atoms with Crippen LogP contribution in [0.3, 0.4) is 0 Å². The van der Waals surface area contributed by atoms with Crippen molar-refractivity contribution in [3.8, 4) is 0 Å². The van der Waals surface area contributed by atoms with Gasteiger partial charge >= 0.3 is 0 Å². The van der Waals surface area contributed by atoms with Gasteiger partial charge < -0.3 is 0 Å². The van der Waals surface area contributed by atoms with Crippen LogP contribution >= 0.6 is 11.8 Å². The number of hydrogen-bond acceptors (Lipinski definition) is 1. The van der Waals surface area contributed by atoms with Crippen LogP contribution in [0.15, 0.2) is 0 Å². The minimum absolute atomic E-state index is 0.852. The lowest BCUT2D eigenvalue weighted by Crippen LogP contribution is -2.13. The molecule has 0 atom stereocenters. The van der Waals surface area contributed by atoms with Crippen LogP contribution in [0.1, 0.15) is 32.1 Å². The van der Waals surface area contributed by atoms with E-state index in [1.807, 2.05) is 0 Å². The Morgan fingerprint density at radius 1 is 1.00 bits per heavy atom. The molecule has 0 unspecified atom stereocenters. The second-order valence-electron chi connectivity index (χ2n) is 3.51. The largest absolute Gasteiger partial charge is 0.161 e. The fraction of sp³-hybridized carbons (Fsp3) is 1.00. The molecule has 9 heavy (non-hydrogen) atoms. The Morgan fingerprint density at radius 2 is 1.78 bits per heavy atom. The van der Waals surface area contributed by atoms with Gasteiger partial charge in [-0.2, -0.15) is 11.8 Å². The summed E-state index contributed by atoms with van der Waals surface area (Å²) < 4.78 is 0. The van der Waals surface area contributed by atoms with Crippen molar-refractivity contribution < 1.29 is 0 Å². The molecule has 1 spiro atoms. The summed E-state index contributed by atoms with van der Waals surface area (Å²) in [6.07, 6.45) is 7.64. The lowest BCUT2D eigenvalue weighted by Gasteiger charge is -2.19. The van der Waals surface area contributed by atoms with E-state index in [-0.39, 0.29) is 0 Å². The molecule has 0 aromatic heterocycles. The van der Waals surface area contributed by atoms with Crippen molar-refractivity contribution in [3.05, 3.63) is 0 Å². The zero-order chi connectivity index (χ0) is 6.16. The van der Waals surface area contributed by atoms with Gasteiger partial charge in [0.05, 0.1) is 0 Å². The second kappa shape index (κ2) is 2.19. The minimum Gasteiger partial charge on any atom is -0.161 e. The van der Waals surface area contributed by atoms with E-state index in [2.05, 4.69) is 11.8 Å². The van der Waals surface area contributed by atoms with E-state index in [9.17, 15) is 0 Å². The molecule has 0 bridgehead atoms. The van der Waals surface area contributed by atoms with Crippen molar-refractivity contribution in [2.24, 2.45) is 5.41 Å². The molecule has 1 heteroatoms. The van der Waals surface area contributed by atoms with Crippen LogP contribution in [-0.4, -0.2) is 11.5 Å². The van der Waals surface area contributed by atoms with Gasteiger partial charge in [-0.1, -0.05) is 12.8 Å². The van der Waals surface area contributed by atoms with Crippen molar-refractivity contribution >= 4 is 11.8 Å². The van der Waals surface area contributed by atoms with Gasteiger partial charge in [0.15, 0.2) is 0 Å². The van der Waals surface area contributed by atoms with E-state index < -0.39 is 0 Å². The van der Waals surface area contributed by atoms with E-state index in [1.165, 1.54) is 30.8 Å². The first-order valence-corrected chi connectivity index (χ1v) is 5.15. The highest BCUT2D eigenvalue weighted by atomic mass is 32.2. The minimum atomic E-state index is 0.852. The van der Waals surface area contributed by atoms with E-state index in [0.29, 0.717) is 0 Å². The summed E-state index contributed by atoms with van der Waals surface area (Å²) in [5, 5.41) is 0. The van der Waals surface area contributed by atoms with Crippen LogP contribution in [-0.2, 0) is 0 Å². The molecule has 2 aliphatic rings. The van der Waals surface area contributed by atoms with E-state index >= 15 is 0 Å². The third kappa shape index (κ3) is 1.000. The summed E-state index contributed by atoms with van der Waals surface area (Å²) in [7, 11) is 0. The van der Waals surface area contributed by atoms with E-state index in [1.54, 1.807) is 12.8 Å². The highest BCUT2D eigenvalue weighted by Crippen LogP contribution is 2.48. The quantitative estimate of drug-likeness (QED) is 0.501. The molecule has 1 saturated heterocycles. The summed E-state index contributed by atoms with van der Waals surface area (Å²) >= 11 is 2.17. The lowest BCUT2D eigenvalue weighted by molar-refractivity contribution is 0.350. The molecule has 0 amide bonds. The second-order valence-corrected chi connectivity index (χ2v) is 4.61. The SMILES string of the molecule is C1CCC2(C1)CCSC2. The normalized spacial score (nSPS) is 32.0. The Kier molecular flexibility index (Phi) is 1.48. The first-order chi connectivity index (χ1) is 4.41. The van der Waals surface area contributed by atoms with Crippen molar-refractivity contribution in [1.29, 1.82) is 0 Å². The van der Waals surface area contributed by atoms with E-state index in [0.717, 1.165) is 5.41 Å². The first kappa shape index (κ1) is 6.09. The van der Waals surface area contributed by atoms with Crippen LogP contribution < -0.4 is 0 Å². The average molecular weight is 142 g/mol. The standard InChI is InChI=1S/C8H14S/c1-2-4-8(3-1)5-6-9-7-8/h1-7H2. The number of thioether (sulfide) groups is 1. The molecule has 1 aliphatic carbocycles. The predicted octanol–water partition coefficient (Wildman–Crippen LogP) is 2.68. The van der Waals surface area contributed by atoms with Crippen molar-refractivity contribution in [2.75, 3.05) is 11.5 Å². The third-order valence-corrected chi connectivity index (χ3v) is 4.16. The Labute approximate surface area is 61.4 Å². The molecule has 0 aromatic rings. The monoisotopic (exact) mass is 142 g/mol. The Hall–Kier alpha value is 0.350. The van der Waals surface area contributed by atoms with Gasteiger partial charge in [0.25, 0.3) is 0 Å². The molecular weight excluding hydrogens is 128 g/mol. The summed E-state index contributed by atoms with van der Waals surface area (Å²) in [5.41, 5.74) is 0.852. The molecule has 1 aliphatic heterocycles. The number of rotatable bonds is 0. The van der Waals surface area contributed by atoms with Gasteiger partial charge in [0, 0.05) is 0 Å². The smallest absolute Gasteiger partial charge is 0.00105 e. The van der Waals surface area contributed by atoms with Gasteiger partial charge in [-0.15, -0.1) is 0 Å². The zero-order valence-corrected chi connectivity index (χ0v) is 6.67. The van der Waals surface area contributed by atoms with Gasteiger partial charge in [-0.25, -0.2) is 0 Å². The van der Waals surface area contributed by atoms with Gasteiger partial charge in [-0.05, 0) is 36.2 Å². The van der Waals surface area contributed by atoms with Crippen LogP contribution in [0, 0.1) is 5.41 Å². The summed E-state index contributed by atoms with van der Waals surface area (Å²) in [4.78, 5) is 0. The lowest BCUT2D eigenvalue weighted by atomic mass is 9.86. The number of hydrogen-bond donors (Lipinski definition) is 0. The molecule has 52 valence electrons. The van der Waals surface area contributed by atoms with Crippen molar-refractivity contribution in [2.45, 2.75) is 32.1 Å². The predicted molar refractivity (Wildman–Crippen MR) is 42.8 cm³/mol. The maximum atomic E-state index is 2.17. The molecule has 0 nitrogen and oxygen atoms in total. The average Bonchev–Trinajstić information content (AvgIpc) is 2.45. The summed E-state index contributed by atoms with van der Waals surface area (Å²) in [6.45, 7) is 0. The van der Waals surface area contributed by atoms with Crippen LogP contribution in [0.4, 0.5) is 0 Å². The molecule has 0 radical (unpaired) electrons. The van der Waals surface area contributed by atoms with Crippen molar-refractivity contribution in [1.82, 2.24) is 0 Å². The molecule has 0 aromatic carbocycles. The van der Waals surface area contributed by atoms with E-state index in [4.69, 9.17) is 0 Å². The van der Waals surface area contributed by atoms with Gasteiger partial charge in [0.1, 0.15) is 0 Å². The molecule has 2 fully saturated rings. The molecular formula is C8H14S. The third-order valence-electron chi connectivity index (χ3n) is 2.85. The Bertz CT molecular complexity index is 79.6. The van der Waals surface area contributed by atoms with Crippen LogP contribution in [0.2, 0.25) is 0 Å². The fourth-order valence-electron chi connectivity index (χ4n) is 2.17. The summed E-state index contributed by atoms with van der Waals surface area (Å²) in [5.74, 6) is 2.92. The maximum Gasteiger partial charge on any atom is -0.00105 e. The van der Waals surface area contributed by atoms with Crippen molar-refractivity contribution in [3.63, 3.8) is 0 Å². The van der Waals surface area contributed by atoms with Crippen LogP contribution in [0.25, 0.3) is 0 Å². The fourth-order valence-corrected chi connectivity index (χ4v) is 3.76. The highest BCUT2D eigenvalue weighted by molar-refractivity contribution is 7.99. The Morgan fingerprint density at radius 3 is 2.33 bits per heavy atom. The highest BCUT2D eigenvalue weighted by Gasteiger charge is 2.36. The maximum absolute atomic E-state index is 2.17. The van der Waals surface area contributed by atoms with Gasteiger partial charge in [0.2, 0.25) is 0 Å². The zero-order valence-electron chi connectivity index (χ0n) is 5.86. The molecule has 2 rings (SSSR count).